The van der Waals surface area contributed by atoms with Gasteiger partial charge in [0.2, 0.25) is 0 Å². The second kappa shape index (κ2) is 4.85. The number of nitrogens with zero attached hydrogens (tertiary/aromatic N) is 2. The Morgan fingerprint density at radius 3 is 2.27 bits per heavy atom. The molecule has 11 heavy (non-hydrogen) atoms. The quantitative estimate of drug-likeness (QED) is 0.571. The molecule has 2 rings (SSSR count). The first-order valence-electron chi connectivity index (χ1n) is 3.92. The van der Waals surface area contributed by atoms with Gasteiger partial charge in [-0.1, -0.05) is 0 Å². The van der Waals surface area contributed by atoms with Crippen LogP contribution in [0.4, 0.5) is 0 Å². The van der Waals surface area contributed by atoms with Crippen LogP contribution in [0, 0.1) is 6.92 Å². The van der Waals surface area contributed by atoms with E-state index in [0.29, 0.717) is 0 Å². The summed E-state index contributed by atoms with van der Waals surface area (Å²) in [5.41, 5.74) is 0. The molecule has 0 bridgehead atoms. The highest BCUT2D eigenvalue weighted by Gasteiger charge is 1.93. The van der Waals surface area contributed by atoms with Gasteiger partial charge in [-0.25, -0.2) is 4.98 Å². The smallest absolute Gasteiger partial charge is 0.137 e. The molecule has 1 aromatic heterocycles. The third kappa shape index (κ3) is 3.72. The molecule has 1 saturated heterocycles. The summed E-state index contributed by atoms with van der Waals surface area (Å²) < 4.78 is 0. The molecule has 62 valence electrons. The number of aromatic nitrogens is 3. The summed E-state index contributed by atoms with van der Waals surface area (Å²) in [6.07, 6.45) is 4.26. The molecule has 0 aliphatic carbocycles. The van der Waals surface area contributed by atoms with Crippen molar-refractivity contribution < 1.29 is 0 Å². The van der Waals surface area contributed by atoms with Crippen molar-refractivity contribution >= 4 is 0 Å². The molecule has 1 aromatic rings. The van der Waals surface area contributed by atoms with Crippen LogP contribution >= 0.6 is 0 Å². The van der Waals surface area contributed by atoms with Crippen molar-refractivity contribution in [1.29, 1.82) is 0 Å². The number of nitrogens with one attached hydrogen (secondary N) is 2. The molecule has 0 unspecified atom stereocenters. The summed E-state index contributed by atoms with van der Waals surface area (Å²) in [5, 5.41) is 9.45. The van der Waals surface area contributed by atoms with Crippen LogP contribution < -0.4 is 5.32 Å². The Hall–Kier alpha value is -0.900. The third-order valence-electron chi connectivity index (χ3n) is 1.49. The molecule has 0 spiro atoms. The lowest BCUT2D eigenvalue weighted by Crippen LogP contribution is -2.03. The fourth-order valence-electron chi connectivity index (χ4n) is 0.892. The van der Waals surface area contributed by atoms with Crippen LogP contribution in [0.2, 0.25) is 0 Å². The van der Waals surface area contributed by atoms with Crippen molar-refractivity contribution in [2.45, 2.75) is 19.8 Å². The Bertz CT molecular complexity index is 159. The third-order valence-corrected chi connectivity index (χ3v) is 1.49. The molecule has 4 heteroatoms. The van der Waals surface area contributed by atoms with Gasteiger partial charge in [0, 0.05) is 0 Å². The molecule has 2 heterocycles. The summed E-state index contributed by atoms with van der Waals surface area (Å²) in [6, 6.07) is 0. The largest absolute Gasteiger partial charge is 0.317 e. The number of hydrogen-bond acceptors (Lipinski definition) is 3. The minimum absolute atomic E-state index is 0.856. The van der Waals surface area contributed by atoms with Crippen molar-refractivity contribution in [3.05, 3.63) is 12.2 Å². The highest BCUT2D eigenvalue weighted by molar-refractivity contribution is 4.70. The van der Waals surface area contributed by atoms with Crippen LogP contribution in [0.15, 0.2) is 6.33 Å². The maximum absolute atomic E-state index is 3.75. The molecule has 4 nitrogen and oxygen atoms in total. The van der Waals surface area contributed by atoms with Gasteiger partial charge in [-0.2, -0.15) is 5.10 Å². The summed E-state index contributed by atoms with van der Waals surface area (Å²) in [5.74, 6) is 0.856. The van der Waals surface area contributed by atoms with Gasteiger partial charge in [-0.15, -0.1) is 0 Å². The van der Waals surface area contributed by atoms with E-state index in [4.69, 9.17) is 0 Å². The van der Waals surface area contributed by atoms with Crippen LogP contribution in [-0.2, 0) is 0 Å². The van der Waals surface area contributed by atoms with E-state index >= 15 is 0 Å². The monoisotopic (exact) mass is 154 g/mol. The molecular formula is C7H14N4. The van der Waals surface area contributed by atoms with E-state index in [1.54, 1.807) is 0 Å². The molecule has 0 atom stereocenters. The van der Waals surface area contributed by atoms with Crippen LogP contribution in [0.1, 0.15) is 18.7 Å². The van der Waals surface area contributed by atoms with Gasteiger partial charge < -0.3 is 5.32 Å². The van der Waals surface area contributed by atoms with Crippen LogP contribution in [0.3, 0.4) is 0 Å². The first kappa shape index (κ1) is 8.20. The van der Waals surface area contributed by atoms with Crippen molar-refractivity contribution in [2.75, 3.05) is 13.1 Å². The van der Waals surface area contributed by atoms with Crippen molar-refractivity contribution in [3.8, 4) is 0 Å². The Morgan fingerprint density at radius 2 is 2.09 bits per heavy atom. The zero-order valence-corrected chi connectivity index (χ0v) is 6.80. The van der Waals surface area contributed by atoms with Gasteiger partial charge in [-0.05, 0) is 32.9 Å². The average Bonchev–Trinajstić information content (AvgIpc) is 2.57. The number of aryl methyl sites for hydroxylation is 1. The predicted molar refractivity (Wildman–Crippen MR) is 43.2 cm³/mol. The molecule has 1 fully saturated rings. The van der Waals surface area contributed by atoms with E-state index in [1.807, 2.05) is 6.92 Å². The van der Waals surface area contributed by atoms with Gasteiger partial charge >= 0.3 is 0 Å². The zero-order valence-electron chi connectivity index (χ0n) is 6.80. The van der Waals surface area contributed by atoms with Crippen LogP contribution in [-0.4, -0.2) is 28.3 Å². The highest BCUT2D eigenvalue weighted by atomic mass is 15.2. The van der Waals surface area contributed by atoms with E-state index in [-0.39, 0.29) is 0 Å². The molecule has 2 N–H and O–H groups in total. The van der Waals surface area contributed by atoms with E-state index in [2.05, 4.69) is 20.5 Å². The predicted octanol–water partition coefficient (Wildman–Crippen LogP) is 0.483. The van der Waals surface area contributed by atoms with Crippen molar-refractivity contribution in [2.24, 2.45) is 0 Å². The number of aromatic amines is 1. The highest BCUT2D eigenvalue weighted by Crippen LogP contribution is 1.90. The van der Waals surface area contributed by atoms with Crippen LogP contribution in [0.5, 0.6) is 0 Å². The molecule has 0 radical (unpaired) electrons. The Kier molecular flexibility index (Phi) is 3.61. The standard InChI is InChI=1S/C4H9N.C3H5N3/c1-2-4-5-3-1;1-3-4-2-5-6-3/h5H,1-4H2;2H,1H3,(H,4,5,6). The fraction of sp³-hybridized carbons (Fsp3) is 0.714. The van der Waals surface area contributed by atoms with Gasteiger partial charge in [0.05, 0.1) is 0 Å². The van der Waals surface area contributed by atoms with E-state index in [9.17, 15) is 0 Å². The van der Waals surface area contributed by atoms with Crippen molar-refractivity contribution in [3.63, 3.8) is 0 Å². The van der Waals surface area contributed by atoms with Gasteiger partial charge in [-0.3, -0.25) is 5.10 Å². The molecule has 1 aliphatic rings. The summed E-state index contributed by atoms with van der Waals surface area (Å²) >= 11 is 0. The second-order valence-electron chi connectivity index (χ2n) is 2.53. The Labute approximate surface area is 66.4 Å². The van der Waals surface area contributed by atoms with E-state index in [1.165, 1.54) is 32.3 Å². The maximum atomic E-state index is 3.75. The topological polar surface area (TPSA) is 53.6 Å². The van der Waals surface area contributed by atoms with Gasteiger partial charge in [0.15, 0.2) is 0 Å². The lowest BCUT2D eigenvalue weighted by atomic mass is 10.4. The fourth-order valence-corrected chi connectivity index (χ4v) is 0.892. The van der Waals surface area contributed by atoms with Crippen molar-refractivity contribution in [1.82, 2.24) is 20.5 Å². The van der Waals surface area contributed by atoms with E-state index in [0.717, 1.165) is 5.82 Å². The maximum Gasteiger partial charge on any atom is 0.137 e. The van der Waals surface area contributed by atoms with E-state index < -0.39 is 0 Å². The van der Waals surface area contributed by atoms with Gasteiger partial charge in [0.25, 0.3) is 0 Å². The zero-order chi connectivity index (χ0) is 7.94. The summed E-state index contributed by atoms with van der Waals surface area (Å²) in [6.45, 7) is 4.35. The molecular weight excluding hydrogens is 140 g/mol. The molecule has 1 aliphatic heterocycles. The Balaban J connectivity index is 0.000000112. The summed E-state index contributed by atoms with van der Waals surface area (Å²) in [4.78, 5) is 3.75. The lowest BCUT2D eigenvalue weighted by molar-refractivity contribution is 0.857. The normalized spacial score (nSPS) is 15.7. The minimum atomic E-state index is 0.856. The average molecular weight is 154 g/mol. The first-order valence-corrected chi connectivity index (χ1v) is 3.92. The number of rotatable bonds is 0. The second-order valence-corrected chi connectivity index (χ2v) is 2.53. The number of H-pyrrole nitrogens is 1. The Morgan fingerprint density at radius 1 is 1.36 bits per heavy atom. The molecule has 0 amide bonds. The summed E-state index contributed by atoms with van der Waals surface area (Å²) in [7, 11) is 0. The molecule has 0 aromatic carbocycles. The minimum Gasteiger partial charge on any atom is -0.317 e. The molecule has 0 saturated carbocycles. The van der Waals surface area contributed by atoms with Crippen LogP contribution in [0.25, 0.3) is 0 Å². The first-order chi connectivity index (χ1) is 5.39. The number of hydrogen-bond donors (Lipinski definition) is 2. The van der Waals surface area contributed by atoms with Gasteiger partial charge in [0.1, 0.15) is 12.2 Å². The lowest BCUT2D eigenvalue weighted by Gasteiger charge is -1.76. The SMILES string of the molecule is C1CCNC1.Cc1ncn[nH]1.